The van der Waals surface area contributed by atoms with Gasteiger partial charge >= 0.3 is 0 Å². The fourth-order valence-electron chi connectivity index (χ4n) is 3.12. The number of nitrogens with one attached hydrogen (secondary N) is 1. The summed E-state index contributed by atoms with van der Waals surface area (Å²) in [7, 11) is 0. The highest BCUT2D eigenvalue weighted by molar-refractivity contribution is 6.09. The van der Waals surface area contributed by atoms with Gasteiger partial charge in [0.2, 0.25) is 0 Å². The summed E-state index contributed by atoms with van der Waals surface area (Å²) in [6, 6.07) is 20.9. The zero-order chi connectivity index (χ0) is 19.5. The van der Waals surface area contributed by atoms with Crippen LogP contribution in [0.4, 0.5) is 0 Å². The van der Waals surface area contributed by atoms with E-state index >= 15 is 0 Å². The predicted molar refractivity (Wildman–Crippen MR) is 108 cm³/mol. The van der Waals surface area contributed by atoms with Crippen molar-refractivity contribution in [3.63, 3.8) is 0 Å². The van der Waals surface area contributed by atoms with Crippen LogP contribution < -0.4 is 5.56 Å². The van der Waals surface area contributed by atoms with Gasteiger partial charge in [-0.15, -0.1) is 0 Å². The fraction of sp³-hybridized carbons (Fsp3) is 0.0870. The number of fused-ring (bicyclic) bond motifs is 1. The SMILES string of the molecule is O=C(c1ccc(O)cc1)c1ccc(CCc2nc3ccccc3c(=O)[nH]2)cc1. The highest BCUT2D eigenvalue weighted by Crippen LogP contribution is 2.15. The second-order valence-electron chi connectivity index (χ2n) is 6.60. The van der Waals surface area contributed by atoms with Crippen molar-refractivity contribution in [3.05, 3.63) is 106 Å². The molecule has 0 aliphatic rings. The van der Waals surface area contributed by atoms with Gasteiger partial charge in [-0.1, -0.05) is 36.4 Å². The molecule has 0 fully saturated rings. The Hall–Kier alpha value is -3.73. The number of carbonyl (C=O) groups excluding carboxylic acids is 1. The minimum Gasteiger partial charge on any atom is -0.508 e. The van der Waals surface area contributed by atoms with Crippen molar-refractivity contribution in [3.8, 4) is 5.75 Å². The molecule has 1 aromatic heterocycles. The first-order valence-electron chi connectivity index (χ1n) is 9.01. The number of H-pyrrole nitrogens is 1. The van der Waals surface area contributed by atoms with Gasteiger partial charge < -0.3 is 10.1 Å². The first kappa shape index (κ1) is 17.7. The third-order valence-corrected chi connectivity index (χ3v) is 4.66. The molecular weight excluding hydrogens is 352 g/mol. The first-order valence-corrected chi connectivity index (χ1v) is 9.01. The van der Waals surface area contributed by atoms with Crippen LogP contribution in [0.25, 0.3) is 10.9 Å². The van der Waals surface area contributed by atoms with E-state index in [0.717, 1.165) is 5.56 Å². The molecule has 0 amide bonds. The van der Waals surface area contributed by atoms with E-state index in [1.54, 1.807) is 30.3 Å². The predicted octanol–water partition coefficient (Wildman–Crippen LogP) is 3.64. The molecule has 28 heavy (non-hydrogen) atoms. The van der Waals surface area contributed by atoms with Crippen molar-refractivity contribution < 1.29 is 9.90 Å². The Morgan fingerprint density at radius 3 is 2.21 bits per heavy atom. The molecular formula is C23H18N2O3. The minimum atomic E-state index is -0.129. The summed E-state index contributed by atoms with van der Waals surface area (Å²) >= 11 is 0. The maximum atomic E-state index is 12.5. The Bertz CT molecular complexity index is 1190. The number of ketones is 1. The highest BCUT2D eigenvalue weighted by Gasteiger charge is 2.09. The van der Waals surface area contributed by atoms with Gasteiger partial charge in [0.25, 0.3) is 5.56 Å². The molecule has 0 bridgehead atoms. The van der Waals surface area contributed by atoms with Crippen LogP contribution >= 0.6 is 0 Å². The number of aromatic hydroxyl groups is 1. The number of aromatic nitrogens is 2. The second kappa shape index (κ2) is 7.48. The van der Waals surface area contributed by atoms with Crippen molar-refractivity contribution in [2.75, 3.05) is 0 Å². The van der Waals surface area contributed by atoms with Gasteiger partial charge in [0.05, 0.1) is 10.9 Å². The van der Waals surface area contributed by atoms with Gasteiger partial charge in [-0.05, 0) is 48.4 Å². The molecule has 5 nitrogen and oxygen atoms in total. The normalized spacial score (nSPS) is 10.9. The lowest BCUT2D eigenvalue weighted by atomic mass is 10.0. The summed E-state index contributed by atoms with van der Waals surface area (Å²) in [6.07, 6.45) is 1.31. The van der Waals surface area contributed by atoms with E-state index in [4.69, 9.17) is 0 Å². The van der Waals surface area contributed by atoms with Gasteiger partial charge in [0.1, 0.15) is 11.6 Å². The Morgan fingerprint density at radius 2 is 1.50 bits per heavy atom. The number of phenols is 1. The molecule has 0 unspecified atom stereocenters. The summed E-state index contributed by atoms with van der Waals surface area (Å²) in [5, 5.41) is 9.92. The van der Waals surface area contributed by atoms with E-state index in [0.29, 0.717) is 40.7 Å². The Balaban J connectivity index is 1.47. The molecule has 4 aromatic rings. The number of phenolic OH excluding ortho intramolecular Hbond substituents is 1. The lowest BCUT2D eigenvalue weighted by Crippen LogP contribution is -2.12. The van der Waals surface area contributed by atoms with Crippen LogP contribution in [-0.2, 0) is 12.8 Å². The molecule has 5 heteroatoms. The van der Waals surface area contributed by atoms with Gasteiger partial charge in [-0.2, -0.15) is 0 Å². The second-order valence-corrected chi connectivity index (χ2v) is 6.60. The number of benzene rings is 3. The smallest absolute Gasteiger partial charge is 0.258 e. The zero-order valence-electron chi connectivity index (χ0n) is 15.1. The molecule has 0 spiro atoms. The topological polar surface area (TPSA) is 83.0 Å². The molecule has 138 valence electrons. The van der Waals surface area contributed by atoms with E-state index in [9.17, 15) is 14.7 Å². The molecule has 2 N–H and O–H groups in total. The summed E-state index contributed by atoms with van der Waals surface area (Å²) in [6.45, 7) is 0. The number of nitrogens with zero attached hydrogens (tertiary/aromatic N) is 1. The maximum Gasteiger partial charge on any atom is 0.258 e. The average Bonchev–Trinajstić information content (AvgIpc) is 2.73. The van der Waals surface area contributed by atoms with E-state index in [-0.39, 0.29) is 17.1 Å². The van der Waals surface area contributed by atoms with Crippen molar-refractivity contribution in [1.29, 1.82) is 0 Å². The molecule has 0 aliphatic heterocycles. The van der Waals surface area contributed by atoms with Gasteiger partial charge in [0, 0.05) is 17.5 Å². The van der Waals surface area contributed by atoms with E-state index in [1.807, 2.05) is 30.3 Å². The summed E-state index contributed by atoms with van der Waals surface area (Å²) in [4.78, 5) is 32.0. The maximum absolute atomic E-state index is 12.5. The van der Waals surface area contributed by atoms with Gasteiger partial charge in [-0.3, -0.25) is 9.59 Å². The number of rotatable bonds is 5. The Kier molecular flexibility index (Phi) is 4.72. The molecule has 0 atom stereocenters. The number of hydrogen-bond donors (Lipinski definition) is 2. The van der Waals surface area contributed by atoms with Crippen LogP contribution in [0.1, 0.15) is 27.3 Å². The van der Waals surface area contributed by atoms with Gasteiger partial charge in [0.15, 0.2) is 5.78 Å². The van der Waals surface area contributed by atoms with Crippen LogP contribution in [0.15, 0.2) is 77.6 Å². The summed E-state index contributed by atoms with van der Waals surface area (Å²) in [5.41, 5.74) is 2.74. The standard InChI is InChI=1S/C23H18N2O3/c26-18-12-10-17(11-13-18)22(27)16-8-5-15(6-9-16)7-14-21-24-20-4-2-1-3-19(20)23(28)25-21/h1-6,8-13,26H,7,14H2,(H,24,25,28). The van der Waals surface area contributed by atoms with Crippen LogP contribution in [0.5, 0.6) is 5.75 Å². The number of aromatic amines is 1. The summed E-state index contributed by atoms with van der Waals surface area (Å²) in [5.74, 6) is 0.687. The molecule has 0 radical (unpaired) electrons. The van der Waals surface area contributed by atoms with Crippen molar-refractivity contribution in [2.45, 2.75) is 12.8 Å². The quantitative estimate of drug-likeness (QED) is 0.525. The zero-order valence-corrected chi connectivity index (χ0v) is 15.1. The third-order valence-electron chi connectivity index (χ3n) is 4.66. The van der Waals surface area contributed by atoms with Crippen molar-refractivity contribution in [1.82, 2.24) is 9.97 Å². The average molecular weight is 370 g/mol. The fourth-order valence-corrected chi connectivity index (χ4v) is 3.12. The Morgan fingerprint density at radius 1 is 0.857 bits per heavy atom. The van der Waals surface area contributed by atoms with E-state index < -0.39 is 0 Å². The largest absolute Gasteiger partial charge is 0.508 e. The van der Waals surface area contributed by atoms with Crippen LogP contribution in [-0.4, -0.2) is 20.9 Å². The molecule has 3 aromatic carbocycles. The first-order chi connectivity index (χ1) is 13.6. The number of hydrogen-bond acceptors (Lipinski definition) is 4. The molecule has 0 aliphatic carbocycles. The lowest BCUT2D eigenvalue weighted by molar-refractivity contribution is 0.103. The van der Waals surface area contributed by atoms with Crippen molar-refractivity contribution >= 4 is 16.7 Å². The van der Waals surface area contributed by atoms with Gasteiger partial charge in [-0.25, -0.2) is 4.98 Å². The number of carbonyl (C=O) groups is 1. The summed E-state index contributed by atoms with van der Waals surface area (Å²) < 4.78 is 0. The highest BCUT2D eigenvalue weighted by atomic mass is 16.3. The number of aryl methyl sites for hydroxylation is 2. The molecule has 4 rings (SSSR count). The molecule has 0 saturated heterocycles. The van der Waals surface area contributed by atoms with E-state index in [1.165, 1.54) is 12.1 Å². The molecule has 0 saturated carbocycles. The van der Waals surface area contributed by atoms with E-state index in [2.05, 4.69) is 9.97 Å². The van der Waals surface area contributed by atoms with Crippen LogP contribution in [0, 0.1) is 0 Å². The monoisotopic (exact) mass is 370 g/mol. The number of para-hydroxylation sites is 1. The molecule has 1 heterocycles. The lowest BCUT2D eigenvalue weighted by Gasteiger charge is -2.05. The van der Waals surface area contributed by atoms with Crippen molar-refractivity contribution in [2.24, 2.45) is 0 Å². The Labute approximate surface area is 161 Å². The van der Waals surface area contributed by atoms with Crippen LogP contribution in [0.3, 0.4) is 0 Å². The minimum absolute atomic E-state index is 0.0907. The third kappa shape index (κ3) is 3.69. The van der Waals surface area contributed by atoms with Crippen LogP contribution in [0.2, 0.25) is 0 Å².